The maximum Gasteiger partial charge on any atom is 0.257 e. The van der Waals surface area contributed by atoms with E-state index in [-0.39, 0.29) is 11.3 Å². The van der Waals surface area contributed by atoms with Crippen molar-refractivity contribution >= 4 is 22.8 Å². The predicted octanol–water partition coefficient (Wildman–Crippen LogP) is 3.57. The monoisotopic (exact) mass is 306 g/mol. The summed E-state index contributed by atoms with van der Waals surface area (Å²) in [5.41, 5.74) is 3.64. The van der Waals surface area contributed by atoms with Crippen LogP contribution in [0.2, 0.25) is 0 Å². The second-order valence-corrected chi connectivity index (χ2v) is 6.40. The van der Waals surface area contributed by atoms with Gasteiger partial charge in [-0.15, -0.1) is 0 Å². The number of hydrogen-bond donors (Lipinski definition) is 1. The Bertz CT molecular complexity index is 851. The van der Waals surface area contributed by atoms with E-state index in [0.717, 1.165) is 5.69 Å². The summed E-state index contributed by atoms with van der Waals surface area (Å²) in [5.74, 6) is -0.214. The van der Waals surface area contributed by atoms with Crippen molar-refractivity contribution < 1.29 is 4.79 Å². The van der Waals surface area contributed by atoms with Crippen LogP contribution in [0.5, 0.6) is 0 Å². The second kappa shape index (κ2) is 5.76. The fourth-order valence-corrected chi connectivity index (χ4v) is 2.24. The topological polar surface area (TPSA) is 67.8 Å². The van der Waals surface area contributed by atoms with Gasteiger partial charge < -0.3 is 5.32 Å². The van der Waals surface area contributed by atoms with Gasteiger partial charge in [0.2, 0.25) is 0 Å². The molecule has 3 rings (SSSR count). The van der Waals surface area contributed by atoms with E-state index in [4.69, 9.17) is 0 Å². The Morgan fingerprint density at radius 2 is 1.70 bits per heavy atom. The van der Waals surface area contributed by atoms with Crippen LogP contribution >= 0.6 is 0 Å². The highest BCUT2D eigenvalue weighted by atomic mass is 16.1. The van der Waals surface area contributed by atoms with E-state index in [1.807, 2.05) is 24.3 Å². The van der Waals surface area contributed by atoms with Gasteiger partial charge in [-0.25, -0.2) is 9.97 Å². The van der Waals surface area contributed by atoms with Gasteiger partial charge in [0.1, 0.15) is 5.52 Å². The van der Waals surface area contributed by atoms with Crippen LogP contribution < -0.4 is 5.32 Å². The first kappa shape index (κ1) is 15.1. The molecule has 116 valence electrons. The lowest BCUT2D eigenvalue weighted by Gasteiger charge is -2.19. The summed E-state index contributed by atoms with van der Waals surface area (Å²) in [5, 5.41) is 2.87. The number of anilines is 1. The molecule has 0 saturated heterocycles. The summed E-state index contributed by atoms with van der Waals surface area (Å²) >= 11 is 0. The summed E-state index contributed by atoms with van der Waals surface area (Å²) < 4.78 is 0. The molecule has 0 saturated carbocycles. The number of carbonyl (C=O) groups excluding carboxylic acids is 1. The highest BCUT2D eigenvalue weighted by Gasteiger charge is 2.14. The van der Waals surface area contributed by atoms with Gasteiger partial charge in [-0.1, -0.05) is 32.9 Å². The van der Waals surface area contributed by atoms with Gasteiger partial charge in [-0.2, -0.15) is 0 Å². The molecule has 5 heteroatoms. The Labute approximate surface area is 134 Å². The molecular formula is C18H18N4O. The maximum absolute atomic E-state index is 12.3. The van der Waals surface area contributed by atoms with Crippen LogP contribution in [-0.4, -0.2) is 20.9 Å². The van der Waals surface area contributed by atoms with Crippen molar-refractivity contribution in [2.24, 2.45) is 0 Å². The molecule has 1 aromatic carbocycles. The highest BCUT2D eigenvalue weighted by Crippen LogP contribution is 2.23. The number of hydrogen-bond acceptors (Lipinski definition) is 4. The van der Waals surface area contributed by atoms with Gasteiger partial charge in [-0.3, -0.25) is 9.78 Å². The zero-order chi connectivity index (χ0) is 16.4. The minimum absolute atomic E-state index is 0.0868. The molecule has 23 heavy (non-hydrogen) atoms. The number of fused-ring (bicyclic) bond motifs is 1. The number of pyridine rings is 1. The standard InChI is InChI=1S/C18H18N4O/c1-18(2,3)13-4-6-14(7-5-13)22-17(23)12-10-15-16(21-11-12)20-9-8-19-15/h4-11H,1-3H3,(H,22,23). The molecule has 2 heterocycles. The Morgan fingerprint density at radius 1 is 1.00 bits per heavy atom. The smallest absolute Gasteiger partial charge is 0.257 e. The van der Waals surface area contributed by atoms with Crippen molar-refractivity contribution in [2.75, 3.05) is 5.32 Å². The van der Waals surface area contributed by atoms with E-state index in [0.29, 0.717) is 16.7 Å². The first-order valence-electron chi connectivity index (χ1n) is 7.42. The summed E-state index contributed by atoms with van der Waals surface area (Å²) in [6, 6.07) is 9.56. The lowest BCUT2D eigenvalue weighted by atomic mass is 9.87. The van der Waals surface area contributed by atoms with Gasteiger partial charge in [0.25, 0.3) is 5.91 Å². The zero-order valence-corrected chi connectivity index (χ0v) is 13.4. The quantitative estimate of drug-likeness (QED) is 0.786. The molecule has 3 aromatic rings. The average molecular weight is 306 g/mol. The minimum atomic E-state index is -0.214. The van der Waals surface area contributed by atoms with E-state index in [1.165, 1.54) is 11.8 Å². The molecule has 1 N–H and O–H groups in total. The number of nitrogens with zero attached hydrogens (tertiary/aromatic N) is 3. The van der Waals surface area contributed by atoms with Crippen LogP contribution in [0, 0.1) is 0 Å². The Balaban J connectivity index is 1.80. The predicted molar refractivity (Wildman–Crippen MR) is 90.4 cm³/mol. The molecule has 0 bridgehead atoms. The van der Waals surface area contributed by atoms with Crippen molar-refractivity contribution in [3.63, 3.8) is 0 Å². The number of aromatic nitrogens is 3. The van der Waals surface area contributed by atoms with E-state index in [1.54, 1.807) is 18.5 Å². The van der Waals surface area contributed by atoms with Crippen molar-refractivity contribution in [1.82, 2.24) is 15.0 Å². The number of rotatable bonds is 2. The van der Waals surface area contributed by atoms with E-state index in [9.17, 15) is 4.79 Å². The zero-order valence-electron chi connectivity index (χ0n) is 13.4. The van der Waals surface area contributed by atoms with Gasteiger partial charge in [-0.05, 0) is 29.2 Å². The third-order valence-corrected chi connectivity index (χ3v) is 3.60. The van der Waals surface area contributed by atoms with E-state index >= 15 is 0 Å². The first-order valence-corrected chi connectivity index (χ1v) is 7.42. The fraction of sp³-hybridized carbons (Fsp3) is 0.222. The molecule has 0 aliphatic carbocycles. The van der Waals surface area contributed by atoms with E-state index in [2.05, 4.69) is 41.0 Å². The maximum atomic E-state index is 12.3. The molecule has 0 spiro atoms. The molecule has 5 nitrogen and oxygen atoms in total. The summed E-state index contributed by atoms with van der Waals surface area (Å²) in [4.78, 5) is 24.8. The second-order valence-electron chi connectivity index (χ2n) is 6.40. The van der Waals surface area contributed by atoms with Gasteiger partial charge in [0.15, 0.2) is 5.65 Å². The van der Waals surface area contributed by atoms with Crippen molar-refractivity contribution in [3.8, 4) is 0 Å². The third kappa shape index (κ3) is 3.34. The molecule has 0 aliphatic heterocycles. The Hall–Kier alpha value is -2.82. The van der Waals surface area contributed by atoms with Crippen LogP contribution in [0.25, 0.3) is 11.2 Å². The van der Waals surface area contributed by atoms with Crippen LogP contribution in [0.3, 0.4) is 0 Å². The van der Waals surface area contributed by atoms with Crippen LogP contribution in [0.4, 0.5) is 5.69 Å². The van der Waals surface area contributed by atoms with Gasteiger partial charge >= 0.3 is 0 Å². The third-order valence-electron chi connectivity index (χ3n) is 3.60. The lowest BCUT2D eigenvalue weighted by molar-refractivity contribution is 0.102. The summed E-state index contributed by atoms with van der Waals surface area (Å²) in [6.45, 7) is 6.47. The van der Waals surface area contributed by atoms with Gasteiger partial charge in [0.05, 0.1) is 5.56 Å². The minimum Gasteiger partial charge on any atom is -0.322 e. The SMILES string of the molecule is CC(C)(C)c1ccc(NC(=O)c2cnc3nccnc3c2)cc1. The van der Waals surface area contributed by atoms with Crippen molar-refractivity contribution in [2.45, 2.75) is 26.2 Å². The molecule has 0 radical (unpaired) electrons. The van der Waals surface area contributed by atoms with Crippen LogP contribution in [-0.2, 0) is 5.41 Å². The molecule has 1 amide bonds. The van der Waals surface area contributed by atoms with Gasteiger partial charge in [0, 0.05) is 24.3 Å². The summed E-state index contributed by atoms with van der Waals surface area (Å²) in [6.07, 6.45) is 4.67. The first-order chi connectivity index (χ1) is 10.9. The largest absolute Gasteiger partial charge is 0.322 e. The summed E-state index contributed by atoms with van der Waals surface area (Å²) in [7, 11) is 0. The Morgan fingerprint density at radius 3 is 2.39 bits per heavy atom. The molecular weight excluding hydrogens is 288 g/mol. The number of amides is 1. The highest BCUT2D eigenvalue weighted by molar-refractivity contribution is 6.05. The van der Waals surface area contributed by atoms with E-state index < -0.39 is 0 Å². The normalized spacial score (nSPS) is 11.4. The van der Waals surface area contributed by atoms with Crippen LogP contribution in [0.15, 0.2) is 48.9 Å². The molecule has 0 aliphatic rings. The number of carbonyl (C=O) groups is 1. The van der Waals surface area contributed by atoms with Crippen molar-refractivity contribution in [1.29, 1.82) is 0 Å². The fourth-order valence-electron chi connectivity index (χ4n) is 2.24. The number of benzene rings is 1. The Kier molecular flexibility index (Phi) is 3.78. The lowest BCUT2D eigenvalue weighted by Crippen LogP contribution is -2.14. The molecule has 0 fully saturated rings. The van der Waals surface area contributed by atoms with Crippen LogP contribution in [0.1, 0.15) is 36.7 Å². The molecule has 0 atom stereocenters. The average Bonchev–Trinajstić information content (AvgIpc) is 2.54. The van der Waals surface area contributed by atoms with Crippen molar-refractivity contribution in [3.05, 3.63) is 60.0 Å². The molecule has 2 aromatic heterocycles. The number of nitrogens with one attached hydrogen (secondary N) is 1. The molecule has 0 unspecified atom stereocenters.